The van der Waals surface area contributed by atoms with Crippen LogP contribution in [0.5, 0.6) is 0 Å². The highest BCUT2D eigenvalue weighted by molar-refractivity contribution is 8.00. The summed E-state index contributed by atoms with van der Waals surface area (Å²) in [6, 6.07) is 6.01. The first-order chi connectivity index (χ1) is 7.46. The lowest BCUT2D eigenvalue weighted by Crippen LogP contribution is -2.13. The van der Waals surface area contributed by atoms with E-state index in [9.17, 15) is 13.2 Å². The Hall–Kier alpha value is -0.720. The van der Waals surface area contributed by atoms with Gasteiger partial charge in [-0.15, -0.1) is 0 Å². The molecule has 2 N–H and O–H groups in total. The van der Waals surface area contributed by atoms with Crippen molar-refractivity contribution in [1.82, 2.24) is 0 Å². The predicted octanol–water partition coefficient (Wildman–Crippen LogP) is 2.94. The van der Waals surface area contributed by atoms with E-state index in [2.05, 4.69) is 0 Å². The second-order valence-electron chi connectivity index (χ2n) is 3.08. The van der Waals surface area contributed by atoms with Crippen LogP contribution < -0.4 is 5.73 Å². The summed E-state index contributed by atoms with van der Waals surface area (Å²) in [6.07, 6.45) is -0.273. The van der Waals surface area contributed by atoms with Crippen molar-refractivity contribution in [1.29, 1.82) is 0 Å². The number of rotatable bonds is 4. The van der Waals surface area contributed by atoms with E-state index in [0.29, 0.717) is 6.54 Å². The molecule has 0 saturated heterocycles. The number of nitrogens with two attached hydrogens (primary N) is 1. The van der Waals surface area contributed by atoms with Crippen LogP contribution in [0.1, 0.15) is 11.7 Å². The molecule has 0 aromatic heterocycles. The highest BCUT2D eigenvalue weighted by atomic mass is 32.2. The Morgan fingerprint density at radius 2 is 1.88 bits per heavy atom. The van der Waals surface area contributed by atoms with Crippen molar-refractivity contribution in [2.24, 2.45) is 5.73 Å². The SMILES string of the molecule is COC(CN)c1ccc(SC(F)(F)F)cc1. The number of hydrogen-bond donors (Lipinski definition) is 1. The lowest BCUT2D eigenvalue weighted by atomic mass is 10.1. The third-order valence-corrected chi connectivity index (χ3v) is 2.72. The first-order valence-electron chi connectivity index (χ1n) is 4.55. The molecular weight excluding hydrogens is 239 g/mol. The summed E-state index contributed by atoms with van der Waals surface area (Å²) in [4.78, 5) is 0.156. The van der Waals surface area contributed by atoms with Crippen molar-refractivity contribution < 1.29 is 17.9 Å². The van der Waals surface area contributed by atoms with Gasteiger partial charge in [0.1, 0.15) is 0 Å². The summed E-state index contributed by atoms with van der Waals surface area (Å²) in [5.74, 6) is 0. The van der Waals surface area contributed by atoms with Crippen molar-refractivity contribution in [3.63, 3.8) is 0 Å². The molecule has 16 heavy (non-hydrogen) atoms. The first kappa shape index (κ1) is 13.3. The molecule has 0 fully saturated rings. The number of ether oxygens (including phenoxy) is 1. The van der Waals surface area contributed by atoms with Crippen LogP contribution in [0.25, 0.3) is 0 Å². The lowest BCUT2D eigenvalue weighted by Gasteiger charge is -2.13. The van der Waals surface area contributed by atoms with Crippen LogP contribution in [-0.4, -0.2) is 19.2 Å². The molecule has 0 heterocycles. The Labute approximate surface area is 96.0 Å². The minimum atomic E-state index is -4.25. The molecule has 1 rings (SSSR count). The van der Waals surface area contributed by atoms with Crippen LogP contribution in [0.3, 0.4) is 0 Å². The van der Waals surface area contributed by atoms with Crippen molar-refractivity contribution in [3.05, 3.63) is 29.8 Å². The predicted molar refractivity (Wildman–Crippen MR) is 57.2 cm³/mol. The summed E-state index contributed by atoms with van der Waals surface area (Å²) in [5.41, 5.74) is 1.97. The topological polar surface area (TPSA) is 35.2 Å². The van der Waals surface area contributed by atoms with Gasteiger partial charge in [-0.3, -0.25) is 0 Å². The Morgan fingerprint density at radius 3 is 2.25 bits per heavy atom. The molecule has 6 heteroatoms. The van der Waals surface area contributed by atoms with Gasteiger partial charge in [0.25, 0.3) is 0 Å². The maximum Gasteiger partial charge on any atom is 0.446 e. The molecule has 1 aromatic rings. The maximum atomic E-state index is 12.1. The smallest absolute Gasteiger partial charge is 0.375 e. The molecule has 0 aliphatic rings. The van der Waals surface area contributed by atoms with Crippen LogP contribution in [0, 0.1) is 0 Å². The number of halogens is 3. The average Bonchev–Trinajstić information content (AvgIpc) is 2.20. The fourth-order valence-electron chi connectivity index (χ4n) is 1.25. The quantitative estimate of drug-likeness (QED) is 0.836. The van der Waals surface area contributed by atoms with Gasteiger partial charge in [-0.1, -0.05) is 12.1 Å². The molecule has 0 saturated carbocycles. The molecule has 1 unspecified atom stereocenters. The molecule has 0 aliphatic heterocycles. The molecule has 0 spiro atoms. The highest BCUT2D eigenvalue weighted by Crippen LogP contribution is 2.37. The van der Waals surface area contributed by atoms with Crippen molar-refractivity contribution in [2.45, 2.75) is 16.5 Å². The van der Waals surface area contributed by atoms with E-state index in [-0.39, 0.29) is 22.8 Å². The largest absolute Gasteiger partial charge is 0.446 e. The monoisotopic (exact) mass is 251 g/mol. The Morgan fingerprint density at radius 1 is 1.31 bits per heavy atom. The van der Waals surface area contributed by atoms with E-state index < -0.39 is 5.51 Å². The summed E-state index contributed by atoms with van der Waals surface area (Å²) >= 11 is -0.136. The van der Waals surface area contributed by atoms with Gasteiger partial charge in [-0.2, -0.15) is 13.2 Å². The lowest BCUT2D eigenvalue weighted by molar-refractivity contribution is -0.0328. The second kappa shape index (κ2) is 5.56. The zero-order valence-electron chi connectivity index (χ0n) is 8.62. The van der Waals surface area contributed by atoms with Crippen LogP contribution in [0.4, 0.5) is 13.2 Å². The van der Waals surface area contributed by atoms with Gasteiger partial charge in [0.15, 0.2) is 0 Å². The van der Waals surface area contributed by atoms with E-state index in [0.717, 1.165) is 5.56 Å². The van der Waals surface area contributed by atoms with E-state index >= 15 is 0 Å². The number of benzene rings is 1. The maximum absolute atomic E-state index is 12.1. The summed E-state index contributed by atoms with van der Waals surface area (Å²) in [5, 5.41) is 0. The van der Waals surface area contributed by atoms with E-state index in [4.69, 9.17) is 10.5 Å². The Bertz CT molecular complexity index is 322. The van der Waals surface area contributed by atoms with Crippen LogP contribution in [0.2, 0.25) is 0 Å². The molecule has 0 aliphatic carbocycles. The van der Waals surface area contributed by atoms with E-state index in [1.54, 1.807) is 12.1 Å². The first-order valence-corrected chi connectivity index (χ1v) is 5.36. The molecule has 0 bridgehead atoms. The number of methoxy groups -OCH3 is 1. The Balaban J connectivity index is 2.75. The normalized spacial score (nSPS) is 13.8. The Kier molecular flexibility index (Phi) is 4.64. The van der Waals surface area contributed by atoms with E-state index in [1.807, 2.05) is 0 Å². The number of hydrogen-bond acceptors (Lipinski definition) is 3. The van der Waals surface area contributed by atoms with Crippen LogP contribution in [-0.2, 0) is 4.74 Å². The number of thioether (sulfide) groups is 1. The molecule has 2 nitrogen and oxygen atoms in total. The molecule has 0 amide bonds. The summed E-state index contributed by atoms with van der Waals surface area (Å²) < 4.78 is 41.2. The molecular formula is C10H12F3NOS. The fourth-order valence-corrected chi connectivity index (χ4v) is 1.79. The molecule has 1 aromatic carbocycles. The zero-order valence-corrected chi connectivity index (χ0v) is 9.44. The van der Waals surface area contributed by atoms with Gasteiger partial charge in [-0.05, 0) is 29.5 Å². The molecule has 1 atom stereocenters. The molecule has 0 radical (unpaired) electrons. The van der Waals surface area contributed by atoms with Crippen molar-refractivity contribution in [2.75, 3.05) is 13.7 Å². The third kappa shape index (κ3) is 4.03. The third-order valence-electron chi connectivity index (χ3n) is 1.98. The van der Waals surface area contributed by atoms with Gasteiger partial charge in [-0.25, -0.2) is 0 Å². The zero-order chi connectivity index (χ0) is 12.2. The number of alkyl halides is 3. The fraction of sp³-hybridized carbons (Fsp3) is 0.400. The van der Waals surface area contributed by atoms with E-state index in [1.165, 1.54) is 19.2 Å². The summed E-state index contributed by atoms with van der Waals surface area (Å²) in [7, 11) is 1.51. The van der Waals surface area contributed by atoms with Crippen molar-refractivity contribution >= 4 is 11.8 Å². The minimum Gasteiger partial charge on any atom is -0.375 e. The van der Waals surface area contributed by atoms with Crippen molar-refractivity contribution in [3.8, 4) is 0 Å². The van der Waals surface area contributed by atoms with Gasteiger partial charge < -0.3 is 10.5 Å². The molecule has 90 valence electrons. The second-order valence-corrected chi connectivity index (χ2v) is 4.22. The summed E-state index contributed by atoms with van der Waals surface area (Å²) in [6.45, 7) is 0.294. The standard InChI is InChI=1S/C10H12F3NOS/c1-15-9(6-14)7-2-4-8(5-3-7)16-10(11,12)13/h2-5,9H,6,14H2,1H3. The van der Waals surface area contributed by atoms with Crippen LogP contribution >= 0.6 is 11.8 Å². The van der Waals surface area contributed by atoms with Gasteiger partial charge >= 0.3 is 5.51 Å². The van der Waals surface area contributed by atoms with Gasteiger partial charge in [0, 0.05) is 18.6 Å². The highest BCUT2D eigenvalue weighted by Gasteiger charge is 2.29. The van der Waals surface area contributed by atoms with Crippen LogP contribution in [0.15, 0.2) is 29.2 Å². The average molecular weight is 251 g/mol. The van der Waals surface area contributed by atoms with Gasteiger partial charge in [0.2, 0.25) is 0 Å². The minimum absolute atomic E-state index is 0.136. The van der Waals surface area contributed by atoms with Gasteiger partial charge in [0.05, 0.1) is 6.10 Å².